The zero-order valence-corrected chi connectivity index (χ0v) is 10.9. The van der Waals surface area contributed by atoms with Gasteiger partial charge in [0.15, 0.2) is 0 Å². The predicted molar refractivity (Wildman–Crippen MR) is 69.6 cm³/mol. The van der Waals surface area contributed by atoms with Crippen molar-refractivity contribution in [2.75, 3.05) is 0 Å². The molecule has 0 aliphatic carbocycles. The first-order valence-electron chi connectivity index (χ1n) is 6.32. The number of phenols is 1. The third kappa shape index (κ3) is 3.55. The third-order valence-electron chi connectivity index (χ3n) is 3.55. The molecule has 0 saturated carbocycles. The maximum Gasteiger partial charge on any atom is 0.115 e. The summed E-state index contributed by atoms with van der Waals surface area (Å²) >= 11 is 0. The van der Waals surface area contributed by atoms with E-state index in [0.717, 1.165) is 18.3 Å². The van der Waals surface area contributed by atoms with E-state index in [2.05, 4.69) is 27.7 Å². The summed E-state index contributed by atoms with van der Waals surface area (Å²) in [5, 5.41) is 9.23. The largest absolute Gasteiger partial charge is 0.508 e. The second kappa shape index (κ2) is 5.93. The summed E-state index contributed by atoms with van der Waals surface area (Å²) in [5.41, 5.74) is 1.32. The second-order valence-corrected chi connectivity index (χ2v) is 5.16. The van der Waals surface area contributed by atoms with E-state index in [4.69, 9.17) is 0 Å². The van der Waals surface area contributed by atoms with E-state index < -0.39 is 0 Å². The molecule has 1 heteroatoms. The average Bonchev–Trinajstić information content (AvgIpc) is 2.22. The number of hydrogen-bond donors (Lipinski definition) is 1. The molecule has 0 spiro atoms. The SMILES string of the molecule is CCC(C(C)C)C(C)Cc1ccc(O)cc1. The van der Waals surface area contributed by atoms with Crippen LogP contribution in [0.3, 0.4) is 0 Å². The van der Waals surface area contributed by atoms with E-state index in [1.807, 2.05) is 12.1 Å². The van der Waals surface area contributed by atoms with Crippen molar-refractivity contribution in [3.05, 3.63) is 29.8 Å². The van der Waals surface area contributed by atoms with Crippen LogP contribution in [0.5, 0.6) is 5.75 Å². The summed E-state index contributed by atoms with van der Waals surface area (Å²) in [6, 6.07) is 7.61. The predicted octanol–water partition coefficient (Wildman–Crippen LogP) is 4.25. The monoisotopic (exact) mass is 220 g/mol. The molecule has 0 saturated heterocycles. The fourth-order valence-electron chi connectivity index (χ4n) is 2.69. The van der Waals surface area contributed by atoms with Gasteiger partial charge in [0.1, 0.15) is 5.75 Å². The summed E-state index contributed by atoms with van der Waals surface area (Å²) in [7, 11) is 0. The Balaban J connectivity index is 2.62. The first-order chi connectivity index (χ1) is 7.54. The molecule has 2 atom stereocenters. The Bertz CT molecular complexity index is 300. The Hall–Kier alpha value is -0.980. The molecule has 0 amide bonds. The Kier molecular flexibility index (Phi) is 4.85. The van der Waals surface area contributed by atoms with Gasteiger partial charge in [0, 0.05) is 0 Å². The molecule has 1 aromatic rings. The molecule has 90 valence electrons. The molecule has 0 radical (unpaired) electrons. The minimum absolute atomic E-state index is 0.354. The summed E-state index contributed by atoms with van der Waals surface area (Å²) in [4.78, 5) is 0. The fraction of sp³-hybridized carbons (Fsp3) is 0.600. The van der Waals surface area contributed by atoms with Crippen LogP contribution in [0.4, 0.5) is 0 Å². The highest BCUT2D eigenvalue weighted by atomic mass is 16.3. The van der Waals surface area contributed by atoms with Crippen molar-refractivity contribution in [1.82, 2.24) is 0 Å². The lowest BCUT2D eigenvalue weighted by molar-refractivity contribution is 0.260. The highest BCUT2D eigenvalue weighted by Crippen LogP contribution is 2.27. The zero-order chi connectivity index (χ0) is 12.1. The van der Waals surface area contributed by atoms with Crippen LogP contribution in [0, 0.1) is 17.8 Å². The Morgan fingerprint density at radius 1 is 1.06 bits per heavy atom. The number of rotatable bonds is 5. The average molecular weight is 220 g/mol. The van der Waals surface area contributed by atoms with Gasteiger partial charge in [-0.1, -0.05) is 46.2 Å². The van der Waals surface area contributed by atoms with Crippen molar-refractivity contribution in [1.29, 1.82) is 0 Å². The molecule has 1 rings (SSSR count). The minimum Gasteiger partial charge on any atom is -0.508 e. The molecule has 0 aliphatic heterocycles. The fourth-order valence-corrected chi connectivity index (χ4v) is 2.69. The number of aromatic hydroxyl groups is 1. The van der Waals surface area contributed by atoms with E-state index in [9.17, 15) is 5.11 Å². The highest BCUT2D eigenvalue weighted by molar-refractivity contribution is 5.26. The van der Waals surface area contributed by atoms with E-state index in [1.165, 1.54) is 12.0 Å². The molecule has 0 fully saturated rings. The lowest BCUT2D eigenvalue weighted by atomic mass is 9.79. The summed E-state index contributed by atoms with van der Waals surface area (Å²) in [5.74, 6) is 2.59. The molecule has 0 aliphatic rings. The Morgan fingerprint density at radius 3 is 2.06 bits per heavy atom. The van der Waals surface area contributed by atoms with Gasteiger partial charge in [-0.2, -0.15) is 0 Å². The number of phenolic OH excluding ortho intramolecular Hbond substituents is 1. The van der Waals surface area contributed by atoms with Crippen LogP contribution in [-0.2, 0) is 6.42 Å². The molecule has 0 heterocycles. The summed E-state index contributed by atoms with van der Waals surface area (Å²) in [6.07, 6.45) is 2.36. The van der Waals surface area contributed by atoms with E-state index >= 15 is 0 Å². The van der Waals surface area contributed by atoms with Crippen molar-refractivity contribution in [3.8, 4) is 5.75 Å². The van der Waals surface area contributed by atoms with Crippen molar-refractivity contribution in [3.63, 3.8) is 0 Å². The molecule has 1 nitrogen and oxygen atoms in total. The standard InChI is InChI=1S/C15H24O/c1-5-15(11(2)3)12(4)10-13-6-8-14(16)9-7-13/h6-9,11-12,15-16H,5,10H2,1-4H3. The van der Waals surface area contributed by atoms with E-state index in [-0.39, 0.29) is 0 Å². The quantitative estimate of drug-likeness (QED) is 0.786. The lowest BCUT2D eigenvalue weighted by Gasteiger charge is -2.26. The molecular weight excluding hydrogens is 196 g/mol. The van der Waals surface area contributed by atoms with Gasteiger partial charge < -0.3 is 5.11 Å². The lowest BCUT2D eigenvalue weighted by Crippen LogP contribution is -2.19. The Morgan fingerprint density at radius 2 is 1.62 bits per heavy atom. The van der Waals surface area contributed by atoms with Crippen molar-refractivity contribution in [2.45, 2.75) is 40.5 Å². The van der Waals surface area contributed by atoms with Crippen LogP contribution < -0.4 is 0 Å². The van der Waals surface area contributed by atoms with Crippen molar-refractivity contribution in [2.24, 2.45) is 17.8 Å². The van der Waals surface area contributed by atoms with E-state index in [0.29, 0.717) is 11.7 Å². The molecule has 1 aromatic carbocycles. The molecule has 1 N–H and O–H groups in total. The summed E-state index contributed by atoms with van der Waals surface area (Å²) < 4.78 is 0. The maximum absolute atomic E-state index is 9.23. The topological polar surface area (TPSA) is 20.2 Å². The molecule has 2 unspecified atom stereocenters. The van der Waals surface area contributed by atoms with E-state index in [1.54, 1.807) is 12.1 Å². The van der Waals surface area contributed by atoms with Gasteiger partial charge in [0.25, 0.3) is 0 Å². The van der Waals surface area contributed by atoms with Gasteiger partial charge in [0.05, 0.1) is 0 Å². The van der Waals surface area contributed by atoms with Crippen LogP contribution >= 0.6 is 0 Å². The molecule has 0 aromatic heterocycles. The van der Waals surface area contributed by atoms with Crippen molar-refractivity contribution < 1.29 is 5.11 Å². The maximum atomic E-state index is 9.23. The zero-order valence-electron chi connectivity index (χ0n) is 10.9. The van der Waals surface area contributed by atoms with Gasteiger partial charge in [-0.25, -0.2) is 0 Å². The van der Waals surface area contributed by atoms with Crippen molar-refractivity contribution >= 4 is 0 Å². The smallest absolute Gasteiger partial charge is 0.115 e. The normalized spacial score (nSPS) is 15.1. The molecule has 16 heavy (non-hydrogen) atoms. The van der Waals surface area contributed by atoms with Crippen LogP contribution in [0.2, 0.25) is 0 Å². The first-order valence-corrected chi connectivity index (χ1v) is 6.32. The number of hydrogen-bond acceptors (Lipinski definition) is 1. The van der Waals surface area contributed by atoms with Gasteiger partial charge in [0.2, 0.25) is 0 Å². The summed E-state index contributed by atoms with van der Waals surface area (Å²) in [6.45, 7) is 9.22. The third-order valence-corrected chi connectivity index (χ3v) is 3.55. The van der Waals surface area contributed by atoms with Crippen LogP contribution in [-0.4, -0.2) is 5.11 Å². The van der Waals surface area contributed by atoms with Crippen LogP contribution in [0.15, 0.2) is 24.3 Å². The Labute approximate surface area is 99.5 Å². The molecular formula is C15H24O. The van der Waals surface area contributed by atoms with Crippen LogP contribution in [0.25, 0.3) is 0 Å². The second-order valence-electron chi connectivity index (χ2n) is 5.16. The van der Waals surface area contributed by atoms with Gasteiger partial charge in [-0.3, -0.25) is 0 Å². The van der Waals surface area contributed by atoms with Gasteiger partial charge in [-0.15, -0.1) is 0 Å². The first kappa shape index (κ1) is 13.1. The molecule has 0 bridgehead atoms. The minimum atomic E-state index is 0.354. The van der Waals surface area contributed by atoms with Crippen LogP contribution in [0.1, 0.15) is 39.7 Å². The number of benzene rings is 1. The van der Waals surface area contributed by atoms with Gasteiger partial charge >= 0.3 is 0 Å². The highest BCUT2D eigenvalue weighted by Gasteiger charge is 2.18. The van der Waals surface area contributed by atoms with Gasteiger partial charge in [-0.05, 0) is 41.9 Å².